The van der Waals surface area contributed by atoms with Crippen LogP contribution in [0, 0.1) is 5.82 Å². The van der Waals surface area contributed by atoms with Crippen molar-refractivity contribution in [3.63, 3.8) is 0 Å². The highest BCUT2D eigenvalue weighted by molar-refractivity contribution is 7.92. The molecule has 0 heterocycles. The summed E-state index contributed by atoms with van der Waals surface area (Å²) in [7, 11) is -2.19. The van der Waals surface area contributed by atoms with Gasteiger partial charge in [-0.1, -0.05) is 31.3 Å². The van der Waals surface area contributed by atoms with Crippen LogP contribution in [0.15, 0.2) is 24.3 Å². The van der Waals surface area contributed by atoms with E-state index >= 15 is 0 Å². The van der Waals surface area contributed by atoms with Crippen molar-refractivity contribution in [2.75, 3.05) is 7.05 Å². The van der Waals surface area contributed by atoms with E-state index in [1.54, 1.807) is 13.0 Å². The Labute approximate surface area is 118 Å². The van der Waals surface area contributed by atoms with Crippen molar-refractivity contribution in [3.05, 3.63) is 35.6 Å². The number of sulfonamides is 1. The first kappa shape index (κ1) is 16.0. The third-order valence-corrected chi connectivity index (χ3v) is 5.51. The molecule has 1 unspecified atom stereocenters. The first-order valence-corrected chi connectivity index (χ1v) is 7.69. The number of thiocarbonyl (C=S) groups is 1. The van der Waals surface area contributed by atoms with Crippen LogP contribution in [0.5, 0.6) is 0 Å². The van der Waals surface area contributed by atoms with E-state index in [-0.39, 0.29) is 11.5 Å². The predicted molar refractivity (Wildman–Crippen MR) is 77.7 cm³/mol. The summed E-state index contributed by atoms with van der Waals surface area (Å²) >= 11 is 4.78. The van der Waals surface area contributed by atoms with Crippen molar-refractivity contribution >= 4 is 27.2 Å². The minimum atomic E-state index is -3.62. The lowest BCUT2D eigenvalue weighted by Gasteiger charge is -2.23. The number of nitrogens with zero attached hydrogens (tertiary/aromatic N) is 1. The second-order valence-corrected chi connectivity index (χ2v) is 6.92. The third kappa shape index (κ3) is 3.95. The lowest BCUT2D eigenvalue weighted by Crippen LogP contribution is -2.42. The molecule has 1 aromatic carbocycles. The molecule has 1 rings (SSSR count). The zero-order valence-electron chi connectivity index (χ0n) is 10.8. The van der Waals surface area contributed by atoms with Crippen LogP contribution in [0.1, 0.15) is 18.9 Å². The first-order chi connectivity index (χ1) is 8.78. The zero-order chi connectivity index (χ0) is 14.6. The van der Waals surface area contributed by atoms with E-state index < -0.39 is 21.1 Å². The highest BCUT2D eigenvalue weighted by Crippen LogP contribution is 2.15. The van der Waals surface area contributed by atoms with Gasteiger partial charge in [0.15, 0.2) is 0 Å². The Morgan fingerprint density at radius 3 is 2.63 bits per heavy atom. The van der Waals surface area contributed by atoms with Gasteiger partial charge in [0.2, 0.25) is 10.0 Å². The molecule has 0 aliphatic rings. The molecule has 0 bridgehead atoms. The van der Waals surface area contributed by atoms with Crippen molar-refractivity contribution in [2.45, 2.75) is 25.1 Å². The molecule has 7 heteroatoms. The predicted octanol–water partition coefficient (Wildman–Crippen LogP) is 1.65. The topological polar surface area (TPSA) is 63.4 Å². The minimum Gasteiger partial charge on any atom is -0.392 e. The number of halogens is 1. The van der Waals surface area contributed by atoms with Crippen molar-refractivity contribution in [3.8, 4) is 0 Å². The van der Waals surface area contributed by atoms with E-state index in [1.807, 2.05) is 0 Å². The molecule has 2 N–H and O–H groups in total. The molecule has 0 radical (unpaired) electrons. The zero-order valence-corrected chi connectivity index (χ0v) is 12.5. The Kier molecular flexibility index (Phi) is 5.39. The molecule has 0 amide bonds. The maximum Gasteiger partial charge on any atom is 0.223 e. The van der Waals surface area contributed by atoms with Gasteiger partial charge in [-0.15, -0.1) is 0 Å². The molecule has 106 valence electrons. The van der Waals surface area contributed by atoms with Gasteiger partial charge in [-0.05, 0) is 24.1 Å². The Bertz CT molecular complexity index is 561. The van der Waals surface area contributed by atoms with Gasteiger partial charge >= 0.3 is 0 Å². The van der Waals surface area contributed by atoms with Gasteiger partial charge in [0.05, 0.1) is 4.99 Å². The van der Waals surface area contributed by atoms with E-state index in [4.69, 9.17) is 18.0 Å². The van der Waals surface area contributed by atoms with Crippen LogP contribution in [0.4, 0.5) is 4.39 Å². The summed E-state index contributed by atoms with van der Waals surface area (Å²) < 4.78 is 38.7. The smallest absolute Gasteiger partial charge is 0.223 e. The number of benzene rings is 1. The summed E-state index contributed by atoms with van der Waals surface area (Å²) in [5.74, 6) is -0.398. The molecule has 0 spiro atoms. The molecule has 0 aromatic heterocycles. The number of nitrogens with two attached hydrogens (primary N) is 1. The standard InChI is InChI=1S/C12H17FN2O2S2/c1-3-11(12(14)18)19(16,17)15(2)8-9-5-4-6-10(13)7-9/h4-7,11H,3,8H2,1-2H3,(H2,14,18). The molecule has 4 nitrogen and oxygen atoms in total. The quantitative estimate of drug-likeness (QED) is 0.812. The molecular formula is C12H17FN2O2S2. The molecule has 1 aromatic rings. The van der Waals surface area contributed by atoms with Crippen molar-refractivity contribution in [2.24, 2.45) is 5.73 Å². The Morgan fingerprint density at radius 2 is 2.16 bits per heavy atom. The van der Waals surface area contributed by atoms with Crippen molar-refractivity contribution < 1.29 is 12.8 Å². The molecule has 1 atom stereocenters. The largest absolute Gasteiger partial charge is 0.392 e. The minimum absolute atomic E-state index is 0.0476. The molecule has 0 aliphatic heterocycles. The second-order valence-electron chi connectivity index (χ2n) is 4.23. The summed E-state index contributed by atoms with van der Waals surface area (Å²) in [6, 6.07) is 5.81. The summed E-state index contributed by atoms with van der Waals surface area (Å²) in [6.45, 7) is 1.79. The van der Waals surface area contributed by atoms with Crippen LogP contribution in [0.3, 0.4) is 0 Å². The molecule has 0 saturated carbocycles. The maximum absolute atomic E-state index is 13.1. The normalized spacial score (nSPS) is 13.5. The van der Waals surface area contributed by atoms with Gasteiger partial charge in [0.25, 0.3) is 0 Å². The van der Waals surface area contributed by atoms with Crippen LogP contribution < -0.4 is 5.73 Å². The summed E-state index contributed by atoms with van der Waals surface area (Å²) in [5.41, 5.74) is 6.03. The van der Waals surface area contributed by atoms with Crippen LogP contribution in [-0.4, -0.2) is 30.0 Å². The lowest BCUT2D eigenvalue weighted by molar-refractivity contribution is 0.460. The average Bonchev–Trinajstić information content (AvgIpc) is 2.28. The highest BCUT2D eigenvalue weighted by Gasteiger charge is 2.30. The van der Waals surface area contributed by atoms with Crippen LogP contribution in [-0.2, 0) is 16.6 Å². The fourth-order valence-corrected chi connectivity index (χ4v) is 3.77. The summed E-state index contributed by atoms with van der Waals surface area (Å²) in [5, 5.41) is -0.888. The maximum atomic E-state index is 13.1. The van der Waals surface area contributed by atoms with Gasteiger partial charge in [-0.25, -0.2) is 12.8 Å². The first-order valence-electron chi connectivity index (χ1n) is 5.78. The van der Waals surface area contributed by atoms with Gasteiger partial charge in [0.1, 0.15) is 11.1 Å². The van der Waals surface area contributed by atoms with Crippen molar-refractivity contribution in [1.82, 2.24) is 4.31 Å². The van der Waals surface area contributed by atoms with Gasteiger partial charge in [-0.2, -0.15) is 4.31 Å². The van der Waals surface area contributed by atoms with Gasteiger partial charge in [0, 0.05) is 13.6 Å². The Hall–Kier alpha value is -1.05. The SMILES string of the molecule is CCC(C(N)=S)S(=O)(=O)N(C)Cc1cccc(F)c1. The molecule has 0 saturated heterocycles. The van der Waals surface area contributed by atoms with Crippen molar-refractivity contribution in [1.29, 1.82) is 0 Å². The number of rotatable bonds is 6. The summed E-state index contributed by atoms with van der Waals surface area (Å²) in [6.07, 6.45) is 0.311. The monoisotopic (exact) mass is 304 g/mol. The molecule has 19 heavy (non-hydrogen) atoms. The summed E-state index contributed by atoms with van der Waals surface area (Å²) in [4.78, 5) is -0.0476. The van der Waals surface area contributed by atoms with E-state index in [0.29, 0.717) is 12.0 Å². The fourth-order valence-electron chi connectivity index (χ4n) is 1.76. The van der Waals surface area contributed by atoms with Gasteiger partial charge in [-0.3, -0.25) is 0 Å². The average molecular weight is 304 g/mol. The lowest BCUT2D eigenvalue weighted by atomic mass is 10.2. The third-order valence-electron chi connectivity index (χ3n) is 2.78. The number of hydrogen-bond acceptors (Lipinski definition) is 3. The highest BCUT2D eigenvalue weighted by atomic mass is 32.2. The van der Waals surface area contributed by atoms with E-state index in [0.717, 1.165) is 4.31 Å². The Balaban J connectivity index is 2.93. The number of hydrogen-bond donors (Lipinski definition) is 1. The molecular weight excluding hydrogens is 287 g/mol. The van der Waals surface area contributed by atoms with E-state index in [1.165, 1.54) is 25.2 Å². The molecule has 0 fully saturated rings. The second kappa shape index (κ2) is 6.40. The van der Waals surface area contributed by atoms with Gasteiger partial charge < -0.3 is 5.73 Å². The Morgan fingerprint density at radius 1 is 1.53 bits per heavy atom. The fraction of sp³-hybridized carbons (Fsp3) is 0.417. The van der Waals surface area contributed by atoms with E-state index in [9.17, 15) is 12.8 Å². The van der Waals surface area contributed by atoms with Crippen LogP contribution >= 0.6 is 12.2 Å². The van der Waals surface area contributed by atoms with Crippen LogP contribution in [0.2, 0.25) is 0 Å². The molecule has 0 aliphatic carbocycles. The van der Waals surface area contributed by atoms with E-state index in [2.05, 4.69) is 0 Å². The van der Waals surface area contributed by atoms with Crippen LogP contribution in [0.25, 0.3) is 0 Å².